The Bertz CT molecular complexity index is 445. The molecule has 0 saturated heterocycles. The number of carboxylic acid groups (broad SMARTS) is 1. The molecule has 0 aliphatic rings. The molecule has 7 heteroatoms. The maximum atomic E-state index is 11.6. The van der Waals surface area contributed by atoms with E-state index in [9.17, 15) is 9.59 Å². The van der Waals surface area contributed by atoms with Crippen LogP contribution in [0.15, 0.2) is 25.0 Å². The van der Waals surface area contributed by atoms with Gasteiger partial charge in [0.05, 0.1) is 25.6 Å². The highest BCUT2D eigenvalue weighted by Gasteiger charge is 2.09. The van der Waals surface area contributed by atoms with E-state index in [1.807, 2.05) is 0 Å². The molecule has 0 saturated carbocycles. The fraction of sp³-hybridized carbons (Fsp3) is 0.333. The second-order valence-corrected chi connectivity index (χ2v) is 3.54. The summed E-state index contributed by atoms with van der Waals surface area (Å²) in [5.41, 5.74) is -0.139. The van der Waals surface area contributed by atoms with E-state index in [1.165, 1.54) is 0 Å². The minimum absolute atomic E-state index is 0.0658. The van der Waals surface area contributed by atoms with Crippen LogP contribution in [0.5, 0.6) is 0 Å². The lowest BCUT2D eigenvalue weighted by Crippen LogP contribution is -2.28. The number of carbonyl (C=O) groups excluding carboxylic acids is 1. The van der Waals surface area contributed by atoms with Crippen LogP contribution in [0.25, 0.3) is 0 Å². The number of nitrogens with zero attached hydrogens (tertiary/aromatic N) is 2. The summed E-state index contributed by atoms with van der Waals surface area (Å²) in [7, 11) is 0. The van der Waals surface area contributed by atoms with E-state index in [2.05, 4.69) is 21.9 Å². The standard InChI is InChI=1S/C12H15N3O4/c1-2-3-5-19-6-4-13-11(16)9-7-15-10(8-14-9)12(17)18/h2,7-8H,1,3-6H2,(H,13,16)(H,17,18). The molecule has 2 N–H and O–H groups in total. The molecule has 0 spiro atoms. The monoisotopic (exact) mass is 265 g/mol. The number of amides is 1. The quantitative estimate of drug-likeness (QED) is 0.524. The minimum atomic E-state index is -1.19. The molecule has 102 valence electrons. The van der Waals surface area contributed by atoms with Crippen molar-refractivity contribution < 1.29 is 19.4 Å². The summed E-state index contributed by atoms with van der Waals surface area (Å²) in [6.45, 7) is 4.86. The van der Waals surface area contributed by atoms with Crippen molar-refractivity contribution in [2.24, 2.45) is 0 Å². The third kappa shape index (κ3) is 5.26. The predicted molar refractivity (Wildman–Crippen MR) is 67.0 cm³/mol. The zero-order chi connectivity index (χ0) is 14.1. The summed E-state index contributed by atoms with van der Waals surface area (Å²) >= 11 is 0. The highest BCUT2D eigenvalue weighted by Crippen LogP contribution is 1.95. The van der Waals surface area contributed by atoms with E-state index >= 15 is 0 Å². The molecule has 0 aliphatic carbocycles. The van der Waals surface area contributed by atoms with Gasteiger partial charge in [-0.3, -0.25) is 4.79 Å². The molecule has 0 unspecified atom stereocenters. The number of rotatable bonds is 8. The number of hydrogen-bond donors (Lipinski definition) is 2. The lowest BCUT2D eigenvalue weighted by atomic mass is 10.4. The van der Waals surface area contributed by atoms with Gasteiger partial charge in [0.25, 0.3) is 5.91 Å². The van der Waals surface area contributed by atoms with E-state index < -0.39 is 11.9 Å². The molecule has 1 aromatic rings. The molecule has 0 atom stereocenters. The summed E-state index contributed by atoms with van der Waals surface area (Å²) in [6, 6.07) is 0. The first kappa shape index (κ1) is 14.8. The molecule has 0 aromatic carbocycles. The summed E-state index contributed by atoms with van der Waals surface area (Å²) in [5.74, 6) is -1.60. The first-order valence-corrected chi connectivity index (χ1v) is 5.67. The van der Waals surface area contributed by atoms with Crippen molar-refractivity contribution in [3.8, 4) is 0 Å². The van der Waals surface area contributed by atoms with Crippen LogP contribution in [0.1, 0.15) is 27.4 Å². The SMILES string of the molecule is C=CCCOCCNC(=O)c1cnc(C(=O)O)cn1. The first-order valence-electron chi connectivity index (χ1n) is 5.67. The molecular formula is C12H15N3O4. The number of nitrogens with one attached hydrogen (secondary N) is 1. The maximum Gasteiger partial charge on any atom is 0.356 e. The minimum Gasteiger partial charge on any atom is -0.476 e. The molecular weight excluding hydrogens is 250 g/mol. The number of aromatic carboxylic acids is 1. The maximum absolute atomic E-state index is 11.6. The van der Waals surface area contributed by atoms with Crippen molar-refractivity contribution >= 4 is 11.9 Å². The highest BCUT2D eigenvalue weighted by atomic mass is 16.5. The smallest absolute Gasteiger partial charge is 0.356 e. The van der Waals surface area contributed by atoms with Crippen molar-refractivity contribution in [3.05, 3.63) is 36.4 Å². The predicted octanol–water partition coefficient (Wildman–Crippen LogP) is 0.497. The van der Waals surface area contributed by atoms with Crippen molar-refractivity contribution in [1.82, 2.24) is 15.3 Å². The molecule has 19 heavy (non-hydrogen) atoms. The summed E-state index contributed by atoms with van der Waals surface area (Å²) in [6.07, 6.45) is 4.67. The van der Waals surface area contributed by atoms with Crippen molar-refractivity contribution in [1.29, 1.82) is 0 Å². The van der Waals surface area contributed by atoms with Crippen LogP contribution in [0.2, 0.25) is 0 Å². The van der Waals surface area contributed by atoms with E-state index in [0.29, 0.717) is 19.8 Å². The number of ether oxygens (including phenoxy) is 1. The largest absolute Gasteiger partial charge is 0.476 e. The van der Waals surface area contributed by atoms with Crippen molar-refractivity contribution in [3.63, 3.8) is 0 Å². The Morgan fingerprint density at radius 2 is 2.00 bits per heavy atom. The Balaban J connectivity index is 2.33. The van der Waals surface area contributed by atoms with Gasteiger partial charge >= 0.3 is 5.97 Å². The number of carbonyl (C=O) groups is 2. The molecule has 0 radical (unpaired) electrons. The lowest BCUT2D eigenvalue weighted by molar-refractivity contribution is 0.0689. The van der Waals surface area contributed by atoms with Gasteiger partial charge in [-0.15, -0.1) is 6.58 Å². The van der Waals surface area contributed by atoms with E-state index in [-0.39, 0.29) is 11.4 Å². The summed E-state index contributed by atoms with van der Waals surface area (Å²) in [4.78, 5) is 29.5. The fourth-order valence-electron chi connectivity index (χ4n) is 1.15. The van der Waals surface area contributed by atoms with E-state index in [1.54, 1.807) is 6.08 Å². The van der Waals surface area contributed by atoms with Gasteiger partial charge < -0.3 is 15.2 Å². The van der Waals surface area contributed by atoms with Crippen LogP contribution in [0, 0.1) is 0 Å². The molecule has 0 fully saturated rings. The van der Waals surface area contributed by atoms with Crippen LogP contribution < -0.4 is 5.32 Å². The Hall–Kier alpha value is -2.28. The van der Waals surface area contributed by atoms with Gasteiger partial charge in [0.1, 0.15) is 5.69 Å². The Labute approximate surface area is 110 Å². The molecule has 0 aliphatic heterocycles. The number of carboxylic acids is 1. The van der Waals surface area contributed by atoms with Crippen LogP contribution in [0.3, 0.4) is 0 Å². The number of hydrogen-bond acceptors (Lipinski definition) is 5. The lowest BCUT2D eigenvalue weighted by Gasteiger charge is -2.05. The van der Waals surface area contributed by atoms with Gasteiger partial charge in [-0.05, 0) is 6.42 Å². The van der Waals surface area contributed by atoms with Crippen LogP contribution in [0.4, 0.5) is 0 Å². The van der Waals surface area contributed by atoms with Gasteiger partial charge in [-0.2, -0.15) is 0 Å². The Morgan fingerprint density at radius 1 is 1.32 bits per heavy atom. The summed E-state index contributed by atoms with van der Waals surface area (Å²) in [5, 5.41) is 11.2. The third-order valence-electron chi connectivity index (χ3n) is 2.10. The molecule has 0 bridgehead atoms. The average molecular weight is 265 g/mol. The molecule has 1 amide bonds. The second-order valence-electron chi connectivity index (χ2n) is 3.54. The number of aromatic nitrogens is 2. The topological polar surface area (TPSA) is 101 Å². The van der Waals surface area contributed by atoms with Crippen LogP contribution >= 0.6 is 0 Å². The second kappa shape index (κ2) is 7.93. The third-order valence-corrected chi connectivity index (χ3v) is 2.10. The van der Waals surface area contributed by atoms with Crippen molar-refractivity contribution in [2.45, 2.75) is 6.42 Å². The van der Waals surface area contributed by atoms with Crippen molar-refractivity contribution in [2.75, 3.05) is 19.8 Å². The first-order chi connectivity index (χ1) is 9.15. The fourth-order valence-corrected chi connectivity index (χ4v) is 1.15. The Kier molecular flexibility index (Phi) is 6.17. The molecule has 1 aromatic heterocycles. The van der Waals surface area contributed by atoms with Crippen LogP contribution in [-0.2, 0) is 4.74 Å². The zero-order valence-corrected chi connectivity index (χ0v) is 10.3. The van der Waals surface area contributed by atoms with Gasteiger partial charge in [-0.1, -0.05) is 6.08 Å². The summed E-state index contributed by atoms with van der Waals surface area (Å²) < 4.78 is 5.21. The highest BCUT2D eigenvalue weighted by molar-refractivity contribution is 5.92. The molecule has 1 rings (SSSR count). The van der Waals surface area contributed by atoms with Gasteiger partial charge in [0, 0.05) is 6.54 Å². The normalized spacial score (nSPS) is 9.89. The average Bonchev–Trinajstić information content (AvgIpc) is 2.42. The molecule has 1 heterocycles. The van der Waals surface area contributed by atoms with Gasteiger partial charge in [-0.25, -0.2) is 14.8 Å². The zero-order valence-electron chi connectivity index (χ0n) is 10.3. The van der Waals surface area contributed by atoms with E-state index in [0.717, 1.165) is 18.8 Å². The molecule has 7 nitrogen and oxygen atoms in total. The van der Waals surface area contributed by atoms with Gasteiger partial charge in [0.2, 0.25) is 0 Å². The van der Waals surface area contributed by atoms with Gasteiger partial charge in [0.15, 0.2) is 5.69 Å². The van der Waals surface area contributed by atoms with E-state index in [4.69, 9.17) is 9.84 Å². The Morgan fingerprint density at radius 3 is 2.58 bits per heavy atom. The van der Waals surface area contributed by atoms with Crippen LogP contribution in [-0.4, -0.2) is 46.7 Å².